The number of nitrogens with one attached hydrogen (secondary N) is 2. The van der Waals surface area contributed by atoms with Crippen LogP contribution in [-0.2, 0) is 28.7 Å². The van der Waals surface area contributed by atoms with Crippen LogP contribution in [-0.4, -0.2) is 85.4 Å². The zero-order valence-corrected chi connectivity index (χ0v) is 32.8. The van der Waals surface area contributed by atoms with Crippen LogP contribution in [0, 0.1) is 26.0 Å². The minimum atomic E-state index is -1.25. The molecule has 23 heteroatoms. The van der Waals surface area contributed by atoms with E-state index in [0.29, 0.717) is 4.90 Å². The predicted molar refractivity (Wildman–Crippen MR) is 179 cm³/mol. The average molecular weight is 789 g/mol. The Morgan fingerprint density at radius 3 is 1.56 bits per heavy atom. The van der Waals surface area contributed by atoms with Gasteiger partial charge in [0.05, 0.1) is 14.7 Å². The van der Waals surface area contributed by atoms with Crippen molar-refractivity contribution in [3.05, 3.63) is 74.6 Å². The fourth-order valence-electron chi connectivity index (χ4n) is 2.76. The van der Waals surface area contributed by atoms with E-state index in [1.54, 1.807) is 47.6 Å². The van der Waals surface area contributed by atoms with Crippen molar-refractivity contribution < 1.29 is 97.6 Å². The molecule has 4 N–H and O–H groups in total. The van der Waals surface area contributed by atoms with Crippen LogP contribution in [0.2, 0.25) is 0 Å². The van der Waals surface area contributed by atoms with Gasteiger partial charge in [-0.3, -0.25) is 25.0 Å². The summed E-state index contributed by atoms with van der Waals surface area (Å²) in [4.78, 5) is 75.7. The zero-order chi connectivity index (χ0) is 39.9. The molecule has 0 spiro atoms. The molecule has 284 valence electrons. The van der Waals surface area contributed by atoms with Crippen molar-refractivity contribution in [2.24, 2.45) is 0 Å². The van der Waals surface area contributed by atoms with Crippen LogP contribution in [0.3, 0.4) is 0 Å². The molecular weight excluding hydrogens is 750 g/mol. The SMILES string of the molecule is CC(C)(C)OC(=O)N[C@@H](CS)C(=O)O.CC(C)(C)OC(=O)N[C@@H](CSc1ccccc1[N+](=O)[O-])C(=O)O.O=CO[O-].O=[N+]([O-])c1ccccc1F.[Na+]. The molecule has 0 aliphatic carbocycles. The second-order valence-electron chi connectivity index (χ2n) is 11.2. The molecular formula is C29H38FN4NaO15S2. The molecule has 0 saturated heterocycles. The number of hydrogen-bond donors (Lipinski definition) is 5. The van der Waals surface area contributed by atoms with E-state index in [0.717, 1.165) is 23.9 Å². The van der Waals surface area contributed by atoms with Crippen molar-refractivity contribution in [3.8, 4) is 0 Å². The third-order valence-corrected chi connectivity index (χ3v) is 6.24. The normalized spacial score (nSPS) is 11.2. The summed E-state index contributed by atoms with van der Waals surface area (Å²) in [6.07, 6.45) is -1.60. The number of carbonyl (C=O) groups excluding carboxylic acids is 3. The molecule has 19 nitrogen and oxygen atoms in total. The Labute approximate surface area is 328 Å². The first kappa shape index (κ1) is 52.1. The number of hydrogen-bond acceptors (Lipinski definition) is 15. The number of carbonyl (C=O) groups is 5. The van der Waals surface area contributed by atoms with Gasteiger partial charge in [0.2, 0.25) is 5.82 Å². The fourth-order valence-corrected chi connectivity index (χ4v) is 4.05. The van der Waals surface area contributed by atoms with E-state index >= 15 is 0 Å². The van der Waals surface area contributed by atoms with Crippen LogP contribution in [0.25, 0.3) is 0 Å². The number of rotatable bonds is 11. The maximum Gasteiger partial charge on any atom is 1.00 e. The Hall–Kier alpha value is -4.22. The van der Waals surface area contributed by atoms with Crippen LogP contribution in [0.1, 0.15) is 41.5 Å². The summed E-state index contributed by atoms with van der Waals surface area (Å²) in [7, 11) is 0. The number of nitro groups is 2. The zero-order valence-electron chi connectivity index (χ0n) is 29.1. The Bertz CT molecular complexity index is 1480. The molecule has 2 atom stereocenters. The van der Waals surface area contributed by atoms with Gasteiger partial charge in [-0.2, -0.15) is 17.0 Å². The number of carboxylic acid groups (broad SMARTS) is 2. The van der Waals surface area contributed by atoms with Crippen molar-refractivity contribution in [2.45, 2.75) is 69.7 Å². The first-order valence-electron chi connectivity index (χ1n) is 14.0. The molecule has 2 rings (SSSR count). The van der Waals surface area contributed by atoms with Gasteiger partial charge < -0.3 is 40.5 Å². The van der Waals surface area contributed by atoms with Gasteiger partial charge in [0.25, 0.3) is 12.2 Å². The number of thioether (sulfide) groups is 1. The van der Waals surface area contributed by atoms with E-state index in [-0.39, 0.29) is 53.2 Å². The van der Waals surface area contributed by atoms with Crippen LogP contribution >= 0.6 is 24.4 Å². The number of aliphatic carboxylic acids is 2. The summed E-state index contributed by atoms with van der Waals surface area (Å²) in [5.41, 5.74) is -1.98. The van der Waals surface area contributed by atoms with E-state index in [2.05, 4.69) is 28.1 Å². The van der Waals surface area contributed by atoms with Gasteiger partial charge in [0, 0.05) is 23.6 Å². The van der Waals surface area contributed by atoms with Crippen molar-refractivity contribution >= 4 is 66.4 Å². The van der Waals surface area contributed by atoms with E-state index in [4.69, 9.17) is 29.7 Å². The average Bonchev–Trinajstić information content (AvgIpc) is 3.00. The summed E-state index contributed by atoms with van der Waals surface area (Å²) < 4.78 is 22.3. The van der Waals surface area contributed by atoms with Gasteiger partial charge in [-0.05, 0) is 53.7 Å². The van der Waals surface area contributed by atoms with Gasteiger partial charge in [0.1, 0.15) is 23.3 Å². The van der Waals surface area contributed by atoms with E-state index in [9.17, 15) is 43.8 Å². The van der Waals surface area contributed by atoms with Crippen LogP contribution < -0.4 is 45.4 Å². The first-order chi connectivity index (χ1) is 23.5. The standard InChI is InChI=1S/C14H18N2O6S.C8H15NO4S.C6H4FNO2.CH2O3.Na/c1-14(2,3)22-13(19)15-9(12(17)18)8-23-11-7-5-4-6-10(11)16(20)21;1-8(2,3)13-7(12)9-5(4-14)6(10)11;7-5-3-1-2-4-6(5)8(9)10;2-1-4-3;/h4-7,9H,8H2,1-3H3,(H,15,19)(H,17,18);5,14H,4H2,1-3H3,(H,9,12)(H,10,11);1-4H;1,3H;/q;;;;+1/p-1/t9-;5-;;;/m00.../s1. The smallest absolute Gasteiger partial charge is 0.662 e. The summed E-state index contributed by atoms with van der Waals surface area (Å²) in [6.45, 7) is 9.88. The minimum Gasteiger partial charge on any atom is -0.662 e. The van der Waals surface area contributed by atoms with Gasteiger partial charge >= 0.3 is 59.4 Å². The number of nitro benzene ring substituents is 2. The Kier molecular flexibility index (Phi) is 26.6. The maximum absolute atomic E-state index is 12.4. The summed E-state index contributed by atoms with van der Waals surface area (Å²) in [6, 6.07) is 8.75. The van der Waals surface area contributed by atoms with E-state index < -0.39 is 68.8 Å². The molecule has 2 amide bonds. The number of halogens is 1. The molecule has 0 unspecified atom stereocenters. The summed E-state index contributed by atoms with van der Waals surface area (Å²) >= 11 is 4.77. The van der Waals surface area contributed by atoms with Gasteiger partial charge in [-0.15, -0.1) is 11.8 Å². The number of alkyl carbamates (subject to hydrolysis) is 2. The number of amides is 2. The van der Waals surface area contributed by atoms with Gasteiger partial charge in [0.15, 0.2) is 0 Å². The Morgan fingerprint density at radius 2 is 1.23 bits per heavy atom. The number of carboxylic acids is 2. The largest absolute Gasteiger partial charge is 1.00 e. The van der Waals surface area contributed by atoms with E-state index in [1.165, 1.54) is 30.3 Å². The Morgan fingerprint density at radius 1 is 0.846 bits per heavy atom. The Balaban J connectivity index is -0.000000704. The number of benzene rings is 2. The molecule has 0 bridgehead atoms. The van der Waals surface area contributed by atoms with Crippen LogP contribution in [0.5, 0.6) is 0 Å². The van der Waals surface area contributed by atoms with Crippen molar-refractivity contribution in [2.75, 3.05) is 11.5 Å². The predicted octanol–water partition coefficient (Wildman–Crippen LogP) is 0.732. The number of nitrogens with zero attached hydrogens (tertiary/aromatic N) is 2. The molecule has 52 heavy (non-hydrogen) atoms. The monoisotopic (exact) mass is 788 g/mol. The van der Waals surface area contributed by atoms with E-state index in [1.807, 2.05) is 0 Å². The molecule has 0 fully saturated rings. The van der Waals surface area contributed by atoms with Crippen molar-refractivity contribution in [1.82, 2.24) is 10.6 Å². The minimum absolute atomic E-state index is 0. The molecule has 0 aliphatic heterocycles. The summed E-state index contributed by atoms with van der Waals surface area (Å²) in [5.74, 6) is -3.23. The second-order valence-corrected chi connectivity index (χ2v) is 12.6. The van der Waals surface area contributed by atoms with Crippen LogP contribution in [0.15, 0.2) is 53.4 Å². The topological polar surface area (TPSA) is 287 Å². The molecule has 2 aromatic carbocycles. The van der Waals surface area contributed by atoms with Crippen molar-refractivity contribution in [3.63, 3.8) is 0 Å². The van der Waals surface area contributed by atoms with Crippen molar-refractivity contribution in [1.29, 1.82) is 0 Å². The molecule has 0 saturated carbocycles. The molecule has 0 radical (unpaired) electrons. The number of ether oxygens (including phenoxy) is 2. The molecule has 0 aromatic heterocycles. The number of para-hydroxylation sites is 2. The molecule has 0 heterocycles. The van der Waals surface area contributed by atoms with Gasteiger partial charge in [-0.25, -0.2) is 19.2 Å². The maximum atomic E-state index is 12.4. The number of thiol groups is 1. The quantitative estimate of drug-likeness (QED) is 0.0399. The molecule has 0 aliphatic rings. The fraction of sp³-hybridized carbons (Fsp3) is 0.414. The second kappa shape index (κ2) is 26.5. The van der Waals surface area contributed by atoms with Gasteiger partial charge in [-0.1, -0.05) is 24.3 Å². The third-order valence-electron chi connectivity index (χ3n) is 4.72. The third kappa shape index (κ3) is 25.7. The van der Waals surface area contributed by atoms with Crippen LogP contribution in [0.4, 0.5) is 25.4 Å². The first-order valence-corrected chi connectivity index (χ1v) is 15.6. The summed E-state index contributed by atoms with van der Waals surface area (Å²) in [5, 5.41) is 51.5. The molecule has 2 aromatic rings.